The first-order valence-electron chi connectivity index (χ1n) is 5.56. The normalized spacial score (nSPS) is 21.5. The van der Waals surface area contributed by atoms with Gasteiger partial charge in [-0.2, -0.15) is 13.2 Å². The molecular weight excluding hydrogens is 251 g/mol. The number of hydrogen-bond donors (Lipinski definition) is 1. The van der Waals surface area contributed by atoms with Gasteiger partial charge in [-0.1, -0.05) is 17.7 Å². The van der Waals surface area contributed by atoms with E-state index in [1.807, 2.05) is 0 Å². The Morgan fingerprint density at radius 1 is 1.29 bits per heavy atom. The minimum Gasteiger partial charge on any atom is -0.316 e. The lowest BCUT2D eigenvalue weighted by Crippen LogP contribution is -2.28. The number of hydrogen-bond acceptors (Lipinski definition) is 1. The fourth-order valence-electron chi connectivity index (χ4n) is 2.15. The maximum Gasteiger partial charge on any atom is 0.417 e. The minimum atomic E-state index is -4.37. The summed E-state index contributed by atoms with van der Waals surface area (Å²) in [6, 6.07) is 4.06. The molecule has 94 valence electrons. The lowest BCUT2D eigenvalue weighted by molar-refractivity contribution is -0.137. The second-order valence-corrected chi connectivity index (χ2v) is 4.69. The second-order valence-electron chi connectivity index (χ2n) is 4.28. The zero-order valence-electron chi connectivity index (χ0n) is 9.15. The molecule has 1 N–H and O–H groups in total. The molecule has 5 heteroatoms. The van der Waals surface area contributed by atoms with Crippen LogP contribution in [0.25, 0.3) is 0 Å². The summed E-state index contributed by atoms with van der Waals surface area (Å²) in [5.41, 5.74) is 0.127. The predicted octanol–water partition coefficient (Wildman–Crippen LogP) is 3.83. The number of piperidine rings is 1. The monoisotopic (exact) mass is 263 g/mol. The van der Waals surface area contributed by atoms with Gasteiger partial charge in [0.05, 0.1) is 10.6 Å². The average Bonchev–Trinajstić information content (AvgIpc) is 2.28. The van der Waals surface area contributed by atoms with E-state index in [1.54, 1.807) is 0 Å². The summed E-state index contributed by atoms with van der Waals surface area (Å²) < 4.78 is 37.6. The van der Waals surface area contributed by atoms with Crippen molar-refractivity contribution in [2.75, 3.05) is 13.1 Å². The average molecular weight is 264 g/mol. The molecule has 1 saturated heterocycles. The molecule has 0 radical (unpaired) electrons. The minimum absolute atomic E-state index is 0.208. The van der Waals surface area contributed by atoms with Gasteiger partial charge in [-0.15, -0.1) is 0 Å². The zero-order chi connectivity index (χ0) is 12.5. The fourth-order valence-corrected chi connectivity index (χ4v) is 2.45. The number of alkyl halides is 3. The Morgan fingerprint density at radius 3 is 2.59 bits per heavy atom. The van der Waals surface area contributed by atoms with E-state index in [1.165, 1.54) is 12.1 Å². The summed E-state index contributed by atoms with van der Waals surface area (Å²) in [5.74, 6) is 0.267. The molecule has 1 fully saturated rings. The third-order valence-electron chi connectivity index (χ3n) is 3.07. The lowest BCUT2D eigenvalue weighted by atomic mass is 9.91. The van der Waals surface area contributed by atoms with Gasteiger partial charge in [0.15, 0.2) is 0 Å². The number of halogens is 4. The molecule has 1 heterocycles. The maximum atomic E-state index is 12.5. The van der Waals surface area contributed by atoms with Crippen LogP contribution >= 0.6 is 11.6 Å². The molecule has 1 unspecified atom stereocenters. The van der Waals surface area contributed by atoms with Crippen molar-refractivity contribution < 1.29 is 13.2 Å². The van der Waals surface area contributed by atoms with Crippen molar-refractivity contribution in [3.8, 4) is 0 Å². The van der Waals surface area contributed by atoms with E-state index in [4.69, 9.17) is 11.6 Å². The molecule has 0 saturated carbocycles. The van der Waals surface area contributed by atoms with Crippen LogP contribution in [0.3, 0.4) is 0 Å². The molecule has 17 heavy (non-hydrogen) atoms. The lowest BCUT2D eigenvalue weighted by Gasteiger charge is -2.23. The van der Waals surface area contributed by atoms with Gasteiger partial charge in [0.2, 0.25) is 0 Å². The van der Waals surface area contributed by atoms with Gasteiger partial charge in [-0.3, -0.25) is 0 Å². The van der Waals surface area contributed by atoms with Crippen molar-refractivity contribution in [2.45, 2.75) is 24.9 Å². The van der Waals surface area contributed by atoms with Crippen LogP contribution in [-0.2, 0) is 6.18 Å². The van der Waals surface area contributed by atoms with Crippen LogP contribution in [-0.4, -0.2) is 13.1 Å². The van der Waals surface area contributed by atoms with Gasteiger partial charge in [-0.05, 0) is 43.0 Å². The summed E-state index contributed by atoms with van der Waals surface area (Å²) in [6.45, 7) is 1.78. The second kappa shape index (κ2) is 4.86. The Labute approximate surface area is 103 Å². The van der Waals surface area contributed by atoms with Crippen LogP contribution in [0.1, 0.15) is 29.9 Å². The first-order valence-corrected chi connectivity index (χ1v) is 5.93. The van der Waals surface area contributed by atoms with E-state index in [9.17, 15) is 13.2 Å². The first kappa shape index (κ1) is 12.7. The SMILES string of the molecule is FC(F)(F)c1ccc(C2CCCNC2)cc1Cl. The molecule has 0 aliphatic carbocycles. The fraction of sp³-hybridized carbons (Fsp3) is 0.500. The molecule has 1 nitrogen and oxygen atoms in total. The van der Waals surface area contributed by atoms with Gasteiger partial charge in [0, 0.05) is 6.54 Å². The summed E-state index contributed by atoms with van der Waals surface area (Å²) in [4.78, 5) is 0. The van der Waals surface area contributed by atoms with Crippen LogP contribution in [0.15, 0.2) is 18.2 Å². The molecule has 0 aromatic heterocycles. The van der Waals surface area contributed by atoms with Crippen LogP contribution in [0.4, 0.5) is 13.2 Å². The Kier molecular flexibility index (Phi) is 3.64. The molecule has 1 aromatic carbocycles. The summed E-state index contributed by atoms with van der Waals surface area (Å²) in [7, 11) is 0. The third-order valence-corrected chi connectivity index (χ3v) is 3.38. The predicted molar refractivity (Wildman–Crippen MR) is 61.3 cm³/mol. The van der Waals surface area contributed by atoms with E-state index in [-0.39, 0.29) is 10.9 Å². The Hall–Kier alpha value is -0.740. The van der Waals surface area contributed by atoms with Crippen LogP contribution < -0.4 is 5.32 Å². The van der Waals surface area contributed by atoms with Crippen molar-refractivity contribution in [1.82, 2.24) is 5.32 Å². The number of rotatable bonds is 1. The van der Waals surface area contributed by atoms with E-state index in [0.717, 1.165) is 37.6 Å². The molecule has 0 amide bonds. The van der Waals surface area contributed by atoms with Crippen molar-refractivity contribution in [3.05, 3.63) is 34.3 Å². The highest BCUT2D eigenvalue weighted by Gasteiger charge is 2.33. The highest BCUT2D eigenvalue weighted by molar-refractivity contribution is 6.31. The standard InChI is InChI=1S/C12H13ClF3N/c13-11-6-8(9-2-1-5-17-7-9)3-4-10(11)12(14,15)16/h3-4,6,9,17H,1-2,5,7H2. The van der Waals surface area contributed by atoms with Gasteiger partial charge in [0.1, 0.15) is 0 Å². The largest absolute Gasteiger partial charge is 0.417 e. The van der Waals surface area contributed by atoms with Crippen LogP contribution in [0, 0.1) is 0 Å². The zero-order valence-corrected chi connectivity index (χ0v) is 9.91. The van der Waals surface area contributed by atoms with E-state index in [2.05, 4.69) is 5.32 Å². The molecule has 1 aliphatic rings. The van der Waals surface area contributed by atoms with E-state index < -0.39 is 11.7 Å². The summed E-state index contributed by atoms with van der Waals surface area (Å²) in [6.07, 6.45) is -2.33. The molecule has 0 bridgehead atoms. The van der Waals surface area contributed by atoms with E-state index in [0.29, 0.717) is 0 Å². The van der Waals surface area contributed by atoms with Gasteiger partial charge < -0.3 is 5.32 Å². The maximum absolute atomic E-state index is 12.5. The summed E-state index contributed by atoms with van der Waals surface area (Å²) >= 11 is 5.69. The van der Waals surface area contributed by atoms with Crippen molar-refractivity contribution in [1.29, 1.82) is 0 Å². The van der Waals surface area contributed by atoms with Crippen molar-refractivity contribution in [3.63, 3.8) is 0 Å². The molecule has 1 atom stereocenters. The number of benzene rings is 1. The highest BCUT2D eigenvalue weighted by Crippen LogP contribution is 2.36. The van der Waals surface area contributed by atoms with Crippen LogP contribution in [0.2, 0.25) is 5.02 Å². The van der Waals surface area contributed by atoms with Gasteiger partial charge in [-0.25, -0.2) is 0 Å². The van der Waals surface area contributed by atoms with Gasteiger partial charge >= 0.3 is 6.18 Å². The summed E-state index contributed by atoms with van der Waals surface area (Å²) in [5, 5.41) is 3.02. The first-order chi connectivity index (χ1) is 7.98. The smallest absolute Gasteiger partial charge is 0.316 e. The Morgan fingerprint density at radius 2 is 2.06 bits per heavy atom. The molecular formula is C12H13ClF3N. The van der Waals surface area contributed by atoms with Crippen LogP contribution in [0.5, 0.6) is 0 Å². The molecule has 1 aliphatic heterocycles. The number of nitrogens with one attached hydrogen (secondary N) is 1. The quantitative estimate of drug-likeness (QED) is 0.812. The van der Waals surface area contributed by atoms with E-state index >= 15 is 0 Å². The third kappa shape index (κ3) is 2.93. The molecule has 0 spiro atoms. The Balaban J connectivity index is 2.24. The molecule has 1 aromatic rings. The Bertz CT molecular complexity index is 397. The topological polar surface area (TPSA) is 12.0 Å². The van der Waals surface area contributed by atoms with Crippen molar-refractivity contribution in [2.24, 2.45) is 0 Å². The highest BCUT2D eigenvalue weighted by atomic mass is 35.5. The van der Waals surface area contributed by atoms with Gasteiger partial charge in [0.25, 0.3) is 0 Å². The molecule has 2 rings (SSSR count). The van der Waals surface area contributed by atoms with Crippen molar-refractivity contribution >= 4 is 11.6 Å².